The van der Waals surface area contributed by atoms with E-state index in [1.54, 1.807) is 0 Å². The second-order valence-electron chi connectivity index (χ2n) is 5.99. The minimum Gasteiger partial charge on any atom is -0.481 e. The van der Waals surface area contributed by atoms with Gasteiger partial charge in [-0.15, -0.1) is 6.42 Å². The van der Waals surface area contributed by atoms with E-state index in [2.05, 4.69) is 39.5 Å². The van der Waals surface area contributed by atoms with Crippen molar-refractivity contribution in [3.05, 3.63) is 53.3 Å². The normalized spacial score (nSPS) is 10.8. The van der Waals surface area contributed by atoms with Crippen LogP contribution in [0.3, 0.4) is 0 Å². The van der Waals surface area contributed by atoms with Crippen molar-refractivity contribution in [2.75, 3.05) is 13.2 Å². The molecule has 1 N–H and O–H groups in total. The molecule has 0 amide bonds. The van der Waals surface area contributed by atoms with Crippen molar-refractivity contribution >= 4 is 11.0 Å². The summed E-state index contributed by atoms with van der Waals surface area (Å²) in [5, 5.41) is 8.99. The van der Waals surface area contributed by atoms with E-state index in [9.17, 15) is 0 Å². The standard InChI is InChI=1S/C20H22N4O/c1-4-11-25-18-7-5-16(6-8-18)9-10-21-13-17-12-19-15(2)23-24(3)20(19)22-14-17/h1,5-8,12,14,21H,9-11,13H2,2-3H3. The topological polar surface area (TPSA) is 52.0 Å². The number of ether oxygens (including phenoxy) is 1. The Morgan fingerprint density at radius 3 is 2.80 bits per heavy atom. The third-order valence-electron chi connectivity index (χ3n) is 4.08. The molecule has 2 aromatic heterocycles. The number of hydrogen-bond donors (Lipinski definition) is 1. The predicted octanol–water partition coefficient (Wildman–Crippen LogP) is 2.62. The van der Waals surface area contributed by atoms with Gasteiger partial charge in [-0.25, -0.2) is 4.98 Å². The molecule has 3 aromatic rings. The summed E-state index contributed by atoms with van der Waals surface area (Å²) in [7, 11) is 1.92. The predicted molar refractivity (Wildman–Crippen MR) is 99.4 cm³/mol. The summed E-state index contributed by atoms with van der Waals surface area (Å²) in [6.07, 6.45) is 8.05. The molecule has 0 spiro atoms. The van der Waals surface area contributed by atoms with E-state index in [1.807, 2.05) is 37.0 Å². The summed E-state index contributed by atoms with van der Waals surface area (Å²) in [5.74, 6) is 3.27. The van der Waals surface area contributed by atoms with E-state index in [1.165, 1.54) is 11.1 Å². The Balaban J connectivity index is 1.50. The highest BCUT2D eigenvalue weighted by Gasteiger charge is 2.06. The van der Waals surface area contributed by atoms with Gasteiger partial charge in [0.1, 0.15) is 12.4 Å². The molecule has 0 aliphatic carbocycles. The molecule has 2 heterocycles. The van der Waals surface area contributed by atoms with E-state index in [-0.39, 0.29) is 0 Å². The lowest BCUT2D eigenvalue weighted by Gasteiger charge is -2.07. The third kappa shape index (κ3) is 4.17. The summed E-state index contributed by atoms with van der Waals surface area (Å²) < 4.78 is 7.19. The molecule has 0 atom stereocenters. The highest BCUT2D eigenvalue weighted by molar-refractivity contribution is 5.78. The van der Waals surface area contributed by atoms with E-state index in [0.29, 0.717) is 6.61 Å². The van der Waals surface area contributed by atoms with Gasteiger partial charge in [-0.05, 0) is 49.2 Å². The van der Waals surface area contributed by atoms with Gasteiger partial charge in [-0.1, -0.05) is 18.1 Å². The number of benzene rings is 1. The van der Waals surface area contributed by atoms with Gasteiger partial charge in [-0.2, -0.15) is 5.10 Å². The molecule has 0 saturated carbocycles. The molecule has 5 heteroatoms. The fourth-order valence-electron chi connectivity index (χ4n) is 2.79. The van der Waals surface area contributed by atoms with Crippen LogP contribution in [0.5, 0.6) is 5.75 Å². The fourth-order valence-corrected chi connectivity index (χ4v) is 2.79. The number of pyridine rings is 1. The Bertz CT molecular complexity index is 890. The van der Waals surface area contributed by atoms with Crippen LogP contribution >= 0.6 is 0 Å². The van der Waals surface area contributed by atoms with Gasteiger partial charge >= 0.3 is 0 Å². The Labute approximate surface area is 148 Å². The van der Waals surface area contributed by atoms with Crippen molar-refractivity contribution in [2.45, 2.75) is 19.9 Å². The van der Waals surface area contributed by atoms with Crippen molar-refractivity contribution in [3.8, 4) is 18.1 Å². The molecular formula is C20H22N4O. The number of fused-ring (bicyclic) bond motifs is 1. The van der Waals surface area contributed by atoms with E-state index >= 15 is 0 Å². The van der Waals surface area contributed by atoms with Gasteiger partial charge in [0.25, 0.3) is 0 Å². The second-order valence-corrected chi connectivity index (χ2v) is 5.99. The molecular weight excluding hydrogens is 312 g/mol. The molecule has 1 aromatic carbocycles. The highest BCUT2D eigenvalue weighted by Crippen LogP contribution is 2.16. The minimum atomic E-state index is 0.301. The van der Waals surface area contributed by atoms with Gasteiger partial charge in [0.15, 0.2) is 5.65 Å². The van der Waals surface area contributed by atoms with E-state index < -0.39 is 0 Å². The summed E-state index contributed by atoms with van der Waals surface area (Å²) >= 11 is 0. The number of hydrogen-bond acceptors (Lipinski definition) is 4. The molecule has 0 unspecified atom stereocenters. The van der Waals surface area contributed by atoms with Crippen LogP contribution in [0.25, 0.3) is 11.0 Å². The molecule has 0 bridgehead atoms. The number of aryl methyl sites for hydroxylation is 2. The molecule has 0 saturated heterocycles. The Morgan fingerprint density at radius 2 is 2.04 bits per heavy atom. The number of terminal acetylenes is 1. The first-order valence-corrected chi connectivity index (χ1v) is 8.31. The number of nitrogens with one attached hydrogen (secondary N) is 1. The number of aromatic nitrogens is 3. The van der Waals surface area contributed by atoms with Crippen LogP contribution in [0.2, 0.25) is 0 Å². The molecule has 0 fully saturated rings. The lowest BCUT2D eigenvalue weighted by molar-refractivity contribution is 0.370. The average molecular weight is 334 g/mol. The van der Waals surface area contributed by atoms with Crippen molar-refractivity contribution in [1.29, 1.82) is 0 Å². The zero-order valence-corrected chi connectivity index (χ0v) is 14.6. The number of nitrogens with zero attached hydrogens (tertiary/aromatic N) is 3. The quantitative estimate of drug-likeness (QED) is 0.533. The van der Waals surface area contributed by atoms with Crippen LogP contribution in [0.1, 0.15) is 16.8 Å². The van der Waals surface area contributed by atoms with Gasteiger partial charge < -0.3 is 10.1 Å². The van der Waals surface area contributed by atoms with Gasteiger partial charge in [0.2, 0.25) is 0 Å². The van der Waals surface area contributed by atoms with E-state index in [4.69, 9.17) is 11.2 Å². The van der Waals surface area contributed by atoms with Crippen LogP contribution in [-0.4, -0.2) is 27.9 Å². The lowest BCUT2D eigenvalue weighted by Crippen LogP contribution is -2.16. The van der Waals surface area contributed by atoms with Gasteiger partial charge in [-0.3, -0.25) is 4.68 Å². The minimum absolute atomic E-state index is 0.301. The van der Waals surface area contributed by atoms with Crippen molar-refractivity contribution in [1.82, 2.24) is 20.1 Å². The van der Waals surface area contributed by atoms with Crippen molar-refractivity contribution < 1.29 is 4.74 Å². The Morgan fingerprint density at radius 1 is 1.24 bits per heavy atom. The average Bonchev–Trinajstić information content (AvgIpc) is 2.92. The SMILES string of the molecule is C#CCOc1ccc(CCNCc2cnc3c(c2)c(C)nn3C)cc1. The number of rotatable bonds is 7. The lowest BCUT2D eigenvalue weighted by atomic mass is 10.1. The largest absolute Gasteiger partial charge is 0.481 e. The zero-order valence-electron chi connectivity index (χ0n) is 14.6. The zero-order chi connectivity index (χ0) is 17.6. The maximum atomic E-state index is 5.37. The van der Waals surface area contributed by atoms with Gasteiger partial charge in [0.05, 0.1) is 5.69 Å². The maximum absolute atomic E-state index is 5.37. The molecule has 128 valence electrons. The summed E-state index contributed by atoms with van der Waals surface area (Å²) in [6, 6.07) is 10.2. The molecule has 25 heavy (non-hydrogen) atoms. The Kier molecular flexibility index (Phi) is 5.32. The molecule has 0 radical (unpaired) electrons. The first kappa shape index (κ1) is 17.0. The van der Waals surface area contributed by atoms with Crippen LogP contribution in [-0.2, 0) is 20.0 Å². The fraction of sp³-hybridized carbons (Fsp3) is 0.300. The molecule has 0 aliphatic rings. The summed E-state index contributed by atoms with van der Waals surface area (Å²) in [6.45, 7) is 4.00. The maximum Gasteiger partial charge on any atom is 0.157 e. The van der Waals surface area contributed by atoms with Crippen LogP contribution < -0.4 is 10.1 Å². The van der Waals surface area contributed by atoms with Crippen molar-refractivity contribution in [2.24, 2.45) is 7.05 Å². The van der Waals surface area contributed by atoms with Crippen LogP contribution in [0.4, 0.5) is 0 Å². The molecule has 5 nitrogen and oxygen atoms in total. The van der Waals surface area contributed by atoms with Gasteiger partial charge in [0, 0.05) is 25.2 Å². The smallest absolute Gasteiger partial charge is 0.157 e. The van der Waals surface area contributed by atoms with Crippen molar-refractivity contribution in [3.63, 3.8) is 0 Å². The third-order valence-corrected chi connectivity index (χ3v) is 4.08. The highest BCUT2D eigenvalue weighted by atomic mass is 16.5. The first-order chi connectivity index (χ1) is 12.2. The van der Waals surface area contributed by atoms with E-state index in [0.717, 1.165) is 42.0 Å². The monoisotopic (exact) mass is 334 g/mol. The van der Waals surface area contributed by atoms with Crippen LogP contribution in [0, 0.1) is 19.3 Å². The van der Waals surface area contributed by atoms with Crippen LogP contribution in [0.15, 0.2) is 36.5 Å². The second kappa shape index (κ2) is 7.82. The first-order valence-electron chi connectivity index (χ1n) is 8.31. The summed E-state index contributed by atoms with van der Waals surface area (Å²) in [5.41, 5.74) is 4.37. The molecule has 0 aliphatic heterocycles. The molecule has 3 rings (SSSR count). The summed E-state index contributed by atoms with van der Waals surface area (Å²) in [4.78, 5) is 4.51. The Hall–Kier alpha value is -2.84.